The Morgan fingerprint density at radius 1 is 1.33 bits per heavy atom. The molecule has 0 spiro atoms. The molecule has 0 bridgehead atoms. The van der Waals surface area contributed by atoms with E-state index in [9.17, 15) is 0 Å². The minimum absolute atomic E-state index is 0.296. The number of methoxy groups -OCH3 is 1. The fraction of sp³-hybridized carbons (Fsp3) is 0.647. The minimum atomic E-state index is 0.296. The van der Waals surface area contributed by atoms with Crippen molar-refractivity contribution >= 4 is 0 Å². The summed E-state index contributed by atoms with van der Waals surface area (Å²) in [6, 6.07) is 8.88. The summed E-state index contributed by atoms with van der Waals surface area (Å²) in [4.78, 5) is 2.49. The van der Waals surface area contributed by atoms with E-state index in [1.807, 2.05) is 0 Å². The normalized spacial score (nSPS) is 18.8. The molecule has 1 aliphatic rings. The van der Waals surface area contributed by atoms with Crippen molar-refractivity contribution in [3.05, 3.63) is 35.4 Å². The monoisotopic (exact) mass is 292 g/mol. The second-order valence-electron chi connectivity index (χ2n) is 5.62. The Hall–Kier alpha value is -0.940. The van der Waals surface area contributed by atoms with Crippen LogP contribution >= 0.6 is 0 Å². The molecule has 0 aromatic heterocycles. The molecule has 0 radical (unpaired) electrons. The van der Waals surface area contributed by atoms with Crippen LogP contribution in [0, 0.1) is 0 Å². The van der Waals surface area contributed by atoms with Gasteiger partial charge in [-0.15, -0.1) is 0 Å². The van der Waals surface area contributed by atoms with Gasteiger partial charge in [-0.3, -0.25) is 4.90 Å². The average Bonchev–Trinajstić information content (AvgIpc) is 2.51. The molecule has 2 rings (SSSR count). The lowest BCUT2D eigenvalue weighted by atomic mass is 9.99. The lowest BCUT2D eigenvalue weighted by Gasteiger charge is -2.37. The summed E-state index contributed by atoms with van der Waals surface area (Å²) >= 11 is 0. The molecule has 0 saturated carbocycles. The molecule has 4 nitrogen and oxygen atoms in total. The number of rotatable bonds is 7. The fourth-order valence-corrected chi connectivity index (χ4v) is 3.14. The van der Waals surface area contributed by atoms with E-state index in [1.165, 1.54) is 11.1 Å². The lowest BCUT2D eigenvalue weighted by molar-refractivity contribution is 0.00450. The number of benzene rings is 1. The third-order valence-electron chi connectivity index (χ3n) is 4.19. The molecule has 1 heterocycles. The second-order valence-corrected chi connectivity index (χ2v) is 5.62. The molecule has 4 heteroatoms. The quantitative estimate of drug-likeness (QED) is 0.838. The summed E-state index contributed by atoms with van der Waals surface area (Å²) < 4.78 is 10.9. The Kier molecular flexibility index (Phi) is 6.64. The number of hydrogen-bond donors (Lipinski definition) is 1. The van der Waals surface area contributed by atoms with Crippen molar-refractivity contribution in [1.82, 2.24) is 4.90 Å². The van der Waals surface area contributed by atoms with Gasteiger partial charge in [-0.2, -0.15) is 0 Å². The van der Waals surface area contributed by atoms with E-state index in [0.717, 1.165) is 32.5 Å². The highest BCUT2D eigenvalue weighted by molar-refractivity contribution is 5.26. The Morgan fingerprint density at radius 2 is 2.10 bits per heavy atom. The second kappa shape index (κ2) is 8.49. The Bertz CT molecular complexity index is 417. The molecule has 1 aliphatic heterocycles. The molecular weight excluding hydrogens is 264 g/mol. The van der Waals surface area contributed by atoms with Crippen molar-refractivity contribution in [1.29, 1.82) is 0 Å². The smallest absolute Gasteiger partial charge is 0.0713 e. The van der Waals surface area contributed by atoms with Gasteiger partial charge in [-0.25, -0.2) is 0 Å². The highest BCUT2D eigenvalue weighted by atomic mass is 16.5. The maximum Gasteiger partial charge on any atom is 0.0713 e. The van der Waals surface area contributed by atoms with Crippen LogP contribution in [0.15, 0.2) is 24.3 Å². The minimum Gasteiger partial charge on any atom is -0.380 e. The number of nitrogens with zero attached hydrogens (tertiary/aromatic N) is 1. The van der Waals surface area contributed by atoms with Crippen LogP contribution in [0.3, 0.4) is 0 Å². The summed E-state index contributed by atoms with van der Waals surface area (Å²) in [7, 11) is 1.73. The van der Waals surface area contributed by atoms with Crippen LogP contribution in [0.5, 0.6) is 0 Å². The zero-order valence-electron chi connectivity index (χ0n) is 13.3. The predicted octanol–water partition coefficient (Wildman–Crippen LogP) is 2.33. The first-order chi connectivity index (χ1) is 10.3. The van der Waals surface area contributed by atoms with E-state index in [0.29, 0.717) is 25.3 Å². The van der Waals surface area contributed by atoms with Gasteiger partial charge >= 0.3 is 0 Å². The molecule has 1 unspecified atom stereocenters. The fourth-order valence-electron chi connectivity index (χ4n) is 3.14. The number of piperidine rings is 1. The van der Waals surface area contributed by atoms with E-state index in [2.05, 4.69) is 36.1 Å². The lowest BCUT2D eigenvalue weighted by Crippen LogP contribution is -2.41. The van der Waals surface area contributed by atoms with Gasteiger partial charge in [0.25, 0.3) is 0 Å². The van der Waals surface area contributed by atoms with Gasteiger partial charge in [0.15, 0.2) is 0 Å². The standard InChI is InChI=1S/C17H28N2O2/c1-3-21-16-7-9-19(10-8-16)17(12-18)15-6-4-5-14(11-15)13-20-2/h4-6,11,16-17H,3,7-10,12-13,18H2,1-2H3. The maximum atomic E-state index is 6.05. The first-order valence-corrected chi connectivity index (χ1v) is 7.92. The zero-order chi connectivity index (χ0) is 15.1. The van der Waals surface area contributed by atoms with Gasteiger partial charge in [-0.1, -0.05) is 24.3 Å². The maximum absolute atomic E-state index is 6.05. The van der Waals surface area contributed by atoms with Gasteiger partial charge in [0.2, 0.25) is 0 Å². The van der Waals surface area contributed by atoms with Crippen LogP contribution in [0.25, 0.3) is 0 Å². The summed E-state index contributed by atoms with van der Waals surface area (Å²) in [5.41, 5.74) is 8.55. The molecule has 0 aliphatic carbocycles. The van der Waals surface area contributed by atoms with Gasteiger partial charge in [0, 0.05) is 39.4 Å². The van der Waals surface area contributed by atoms with Crippen molar-refractivity contribution in [3.63, 3.8) is 0 Å². The highest BCUT2D eigenvalue weighted by Crippen LogP contribution is 2.25. The topological polar surface area (TPSA) is 47.7 Å². The van der Waals surface area contributed by atoms with Crippen LogP contribution in [0.4, 0.5) is 0 Å². The number of likely N-dealkylation sites (tertiary alicyclic amines) is 1. The van der Waals surface area contributed by atoms with E-state index in [4.69, 9.17) is 15.2 Å². The first kappa shape index (κ1) is 16.4. The summed E-state index contributed by atoms with van der Waals surface area (Å²) in [6.45, 7) is 6.29. The molecule has 1 atom stereocenters. The van der Waals surface area contributed by atoms with Gasteiger partial charge < -0.3 is 15.2 Å². The Balaban J connectivity index is 2.01. The van der Waals surface area contributed by atoms with Crippen molar-refractivity contribution in [2.45, 2.75) is 38.5 Å². The van der Waals surface area contributed by atoms with Crippen LogP contribution in [-0.2, 0) is 16.1 Å². The van der Waals surface area contributed by atoms with Crippen LogP contribution in [0.1, 0.15) is 36.9 Å². The van der Waals surface area contributed by atoms with E-state index >= 15 is 0 Å². The third kappa shape index (κ3) is 4.51. The number of hydrogen-bond acceptors (Lipinski definition) is 4. The van der Waals surface area contributed by atoms with Crippen LogP contribution in [0.2, 0.25) is 0 Å². The van der Waals surface area contributed by atoms with E-state index in [-0.39, 0.29) is 0 Å². The SMILES string of the molecule is CCOC1CCN(C(CN)c2cccc(COC)c2)CC1. The first-order valence-electron chi connectivity index (χ1n) is 7.92. The number of ether oxygens (including phenoxy) is 2. The molecule has 1 saturated heterocycles. The molecule has 1 fully saturated rings. The van der Waals surface area contributed by atoms with Crippen molar-refractivity contribution < 1.29 is 9.47 Å². The average molecular weight is 292 g/mol. The van der Waals surface area contributed by atoms with Gasteiger partial charge in [0.1, 0.15) is 0 Å². The summed E-state index contributed by atoms with van der Waals surface area (Å²) in [5, 5.41) is 0. The Morgan fingerprint density at radius 3 is 2.71 bits per heavy atom. The summed E-state index contributed by atoms with van der Waals surface area (Å²) in [5.74, 6) is 0. The summed E-state index contributed by atoms with van der Waals surface area (Å²) in [6.07, 6.45) is 2.62. The molecule has 21 heavy (non-hydrogen) atoms. The van der Waals surface area contributed by atoms with Crippen LogP contribution < -0.4 is 5.73 Å². The van der Waals surface area contributed by atoms with Crippen molar-refractivity contribution in [2.75, 3.05) is 33.4 Å². The van der Waals surface area contributed by atoms with E-state index in [1.54, 1.807) is 7.11 Å². The molecule has 0 amide bonds. The van der Waals surface area contributed by atoms with Crippen molar-refractivity contribution in [3.8, 4) is 0 Å². The molecule has 2 N–H and O–H groups in total. The third-order valence-corrected chi connectivity index (χ3v) is 4.19. The molecule has 1 aromatic rings. The molecular formula is C17H28N2O2. The molecule has 118 valence electrons. The zero-order valence-corrected chi connectivity index (χ0v) is 13.3. The van der Waals surface area contributed by atoms with Gasteiger partial charge in [-0.05, 0) is 30.9 Å². The van der Waals surface area contributed by atoms with E-state index < -0.39 is 0 Å². The highest BCUT2D eigenvalue weighted by Gasteiger charge is 2.25. The largest absolute Gasteiger partial charge is 0.380 e. The number of nitrogens with two attached hydrogens (primary N) is 1. The predicted molar refractivity (Wildman–Crippen MR) is 85.2 cm³/mol. The van der Waals surface area contributed by atoms with Crippen LogP contribution in [-0.4, -0.2) is 44.4 Å². The van der Waals surface area contributed by atoms with Gasteiger partial charge in [0.05, 0.1) is 12.7 Å². The Labute approximate surface area is 128 Å². The molecule has 1 aromatic carbocycles. The van der Waals surface area contributed by atoms with Crippen molar-refractivity contribution in [2.24, 2.45) is 5.73 Å².